The summed E-state index contributed by atoms with van der Waals surface area (Å²) >= 11 is 3.75. The fourth-order valence-electron chi connectivity index (χ4n) is 2.92. The Labute approximate surface area is 162 Å². The molecule has 1 aromatic carbocycles. The van der Waals surface area contributed by atoms with Gasteiger partial charge >= 0.3 is 0 Å². The first kappa shape index (κ1) is 18.9. The van der Waals surface area contributed by atoms with Gasteiger partial charge in [-0.05, 0) is 41.6 Å². The van der Waals surface area contributed by atoms with E-state index in [1.165, 1.54) is 4.88 Å². The molecule has 0 spiro atoms. The Hall–Kier alpha value is -1.92. The van der Waals surface area contributed by atoms with Crippen molar-refractivity contribution in [3.63, 3.8) is 0 Å². The molecule has 6 heteroatoms. The van der Waals surface area contributed by atoms with Gasteiger partial charge in [0.25, 0.3) is 0 Å². The third-order valence-electron chi connectivity index (χ3n) is 4.34. The molecule has 4 nitrogen and oxygen atoms in total. The van der Waals surface area contributed by atoms with E-state index in [-0.39, 0.29) is 5.91 Å². The molecule has 1 amide bonds. The van der Waals surface area contributed by atoms with E-state index >= 15 is 0 Å². The monoisotopic (exact) mass is 389 g/mol. The normalized spacial score (nSPS) is 17.9. The summed E-state index contributed by atoms with van der Waals surface area (Å²) in [5.74, 6) is 2.37. The van der Waals surface area contributed by atoms with Crippen molar-refractivity contribution in [3.8, 4) is 11.5 Å². The highest BCUT2D eigenvalue weighted by atomic mass is 32.2. The molecule has 0 bridgehead atoms. The van der Waals surface area contributed by atoms with Crippen molar-refractivity contribution in [3.05, 3.63) is 52.2 Å². The van der Waals surface area contributed by atoms with Crippen molar-refractivity contribution in [2.24, 2.45) is 0 Å². The Morgan fingerprint density at radius 3 is 2.77 bits per heavy atom. The second-order valence-electron chi connectivity index (χ2n) is 5.94. The number of amides is 1. The van der Waals surface area contributed by atoms with Gasteiger partial charge in [0.1, 0.15) is 0 Å². The number of benzene rings is 1. The van der Waals surface area contributed by atoms with E-state index in [1.54, 1.807) is 31.6 Å². The fourth-order valence-corrected chi connectivity index (χ4v) is 5.16. The van der Waals surface area contributed by atoms with Crippen LogP contribution in [0.4, 0.5) is 0 Å². The zero-order valence-electron chi connectivity index (χ0n) is 15.0. The first-order valence-corrected chi connectivity index (χ1v) is 10.5. The molecule has 1 aliphatic heterocycles. The smallest absolute Gasteiger partial charge is 0.246 e. The third kappa shape index (κ3) is 4.62. The summed E-state index contributed by atoms with van der Waals surface area (Å²) in [7, 11) is 3.22. The number of carbonyl (C=O) groups excluding carboxylic acids is 1. The maximum atomic E-state index is 12.6. The average molecular weight is 390 g/mol. The number of ether oxygens (including phenoxy) is 2. The van der Waals surface area contributed by atoms with Gasteiger partial charge in [-0.3, -0.25) is 4.79 Å². The molecule has 0 radical (unpaired) electrons. The standard InChI is InChI=1S/C20H23NO3S2/c1-23-16-7-5-15(14-17(16)24-2)6-8-20(22)21-10-9-19(26-13-11-21)18-4-3-12-25-18/h3-8,12,14,19H,9-11,13H2,1-2H3/b8-6+/t19-/m0/s1. The minimum Gasteiger partial charge on any atom is -0.493 e. The van der Waals surface area contributed by atoms with Crippen LogP contribution in [0, 0.1) is 0 Å². The first-order chi connectivity index (χ1) is 12.7. The van der Waals surface area contributed by atoms with Gasteiger partial charge in [0.05, 0.1) is 14.2 Å². The summed E-state index contributed by atoms with van der Waals surface area (Å²) in [6, 6.07) is 9.91. The lowest BCUT2D eigenvalue weighted by Gasteiger charge is -2.18. The van der Waals surface area contributed by atoms with Crippen molar-refractivity contribution < 1.29 is 14.3 Å². The van der Waals surface area contributed by atoms with Crippen molar-refractivity contribution >= 4 is 35.1 Å². The lowest BCUT2D eigenvalue weighted by Crippen LogP contribution is -2.31. The van der Waals surface area contributed by atoms with E-state index in [2.05, 4.69) is 17.5 Å². The summed E-state index contributed by atoms with van der Waals surface area (Å²) < 4.78 is 10.5. The second-order valence-corrected chi connectivity index (χ2v) is 8.23. The molecule has 0 unspecified atom stereocenters. The van der Waals surface area contributed by atoms with Gasteiger partial charge < -0.3 is 14.4 Å². The highest BCUT2D eigenvalue weighted by Gasteiger charge is 2.21. The summed E-state index contributed by atoms with van der Waals surface area (Å²) in [6.07, 6.45) is 4.48. The number of hydrogen-bond acceptors (Lipinski definition) is 5. The largest absolute Gasteiger partial charge is 0.493 e. The van der Waals surface area contributed by atoms with Gasteiger partial charge in [-0.25, -0.2) is 0 Å². The van der Waals surface area contributed by atoms with Crippen LogP contribution in [0.1, 0.15) is 22.1 Å². The van der Waals surface area contributed by atoms with E-state index in [0.717, 1.165) is 30.8 Å². The topological polar surface area (TPSA) is 38.8 Å². The predicted molar refractivity (Wildman–Crippen MR) is 109 cm³/mol. The highest BCUT2D eigenvalue weighted by Crippen LogP contribution is 2.36. The molecule has 1 saturated heterocycles. The van der Waals surface area contributed by atoms with Crippen LogP contribution in [-0.2, 0) is 4.79 Å². The second kappa shape index (κ2) is 9.14. The van der Waals surface area contributed by atoms with Crippen molar-refractivity contribution in [2.45, 2.75) is 11.7 Å². The Morgan fingerprint density at radius 1 is 1.19 bits per heavy atom. The number of thioether (sulfide) groups is 1. The quantitative estimate of drug-likeness (QED) is 0.707. The molecule has 1 fully saturated rings. The molecule has 0 aliphatic carbocycles. The van der Waals surface area contributed by atoms with Crippen molar-refractivity contribution in [1.29, 1.82) is 0 Å². The van der Waals surface area contributed by atoms with Crippen LogP contribution >= 0.6 is 23.1 Å². The van der Waals surface area contributed by atoms with Crippen LogP contribution in [0.5, 0.6) is 11.5 Å². The SMILES string of the molecule is COc1ccc(/C=C/C(=O)N2CCS[C@H](c3cccs3)CC2)cc1OC. The molecule has 138 valence electrons. The molecular weight excluding hydrogens is 366 g/mol. The van der Waals surface area contributed by atoms with E-state index in [0.29, 0.717) is 16.7 Å². The maximum absolute atomic E-state index is 12.6. The summed E-state index contributed by atoms with van der Waals surface area (Å²) in [4.78, 5) is 15.9. The van der Waals surface area contributed by atoms with Gasteiger partial charge in [-0.2, -0.15) is 11.8 Å². The Kier molecular flexibility index (Phi) is 6.63. The lowest BCUT2D eigenvalue weighted by atomic mass is 10.2. The summed E-state index contributed by atoms with van der Waals surface area (Å²) in [5, 5.41) is 2.62. The molecule has 3 rings (SSSR count). The lowest BCUT2D eigenvalue weighted by molar-refractivity contribution is -0.125. The number of rotatable bonds is 5. The molecular formula is C20H23NO3S2. The van der Waals surface area contributed by atoms with Gasteiger partial charge in [0.15, 0.2) is 11.5 Å². The van der Waals surface area contributed by atoms with Crippen LogP contribution < -0.4 is 9.47 Å². The van der Waals surface area contributed by atoms with Crippen LogP contribution in [0.3, 0.4) is 0 Å². The number of carbonyl (C=O) groups is 1. The van der Waals surface area contributed by atoms with Crippen LogP contribution in [-0.4, -0.2) is 43.9 Å². The number of hydrogen-bond donors (Lipinski definition) is 0. The summed E-state index contributed by atoms with van der Waals surface area (Å²) in [5.41, 5.74) is 0.914. The zero-order valence-corrected chi connectivity index (χ0v) is 16.6. The van der Waals surface area contributed by atoms with Gasteiger partial charge in [-0.15, -0.1) is 11.3 Å². The van der Waals surface area contributed by atoms with Gasteiger partial charge in [-0.1, -0.05) is 12.1 Å². The maximum Gasteiger partial charge on any atom is 0.246 e. The molecule has 1 atom stereocenters. The Bertz CT molecular complexity index is 758. The van der Waals surface area contributed by atoms with Crippen LogP contribution in [0.25, 0.3) is 6.08 Å². The Balaban J connectivity index is 1.61. The highest BCUT2D eigenvalue weighted by molar-refractivity contribution is 7.99. The molecule has 0 saturated carbocycles. The number of methoxy groups -OCH3 is 2. The molecule has 2 heterocycles. The van der Waals surface area contributed by atoms with Crippen molar-refractivity contribution in [1.82, 2.24) is 4.90 Å². The first-order valence-electron chi connectivity index (χ1n) is 8.55. The average Bonchev–Trinajstić information content (AvgIpc) is 3.10. The van der Waals surface area contributed by atoms with E-state index < -0.39 is 0 Å². The van der Waals surface area contributed by atoms with E-state index in [9.17, 15) is 4.79 Å². The van der Waals surface area contributed by atoms with Crippen LogP contribution in [0.15, 0.2) is 41.8 Å². The molecule has 2 aromatic rings. The third-order valence-corrected chi connectivity index (χ3v) is 6.79. The predicted octanol–water partition coefficient (Wildman–Crippen LogP) is 4.49. The van der Waals surface area contributed by atoms with Gasteiger partial charge in [0, 0.05) is 35.0 Å². The fraction of sp³-hybridized carbons (Fsp3) is 0.350. The van der Waals surface area contributed by atoms with E-state index in [1.807, 2.05) is 40.9 Å². The van der Waals surface area contributed by atoms with Crippen molar-refractivity contribution in [2.75, 3.05) is 33.1 Å². The molecule has 1 aliphatic rings. The summed E-state index contributed by atoms with van der Waals surface area (Å²) in [6.45, 7) is 1.59. The zero-order chi connectivity index (χ0) is 18.4. The van der Waals surface area contributed by atoms with Crippen LogP contribution in [0.2, 0.25) is 0 Å². The molecule has 26 heavy (non-hydrogen) atoms. The Morgan fingerprint density at radius 2 is 2.04 bits per heavy atom. The number of nitrogens with zero attached hydrogens (tertiary/aromatic N) is 1. The number of thiophene rings is 1. The van der Waals surface area contributed by atoms with E-state index in [4.69, 9.17) is 9.47 Å². The molecule has 1 aromatic heterocycles. The molecule has 0 N–H and O–H groups in total. The minimum absolute atomic E-state index is 0.0622. The minimum atomic E-state index is 0.0622. The van der Waals surface area contributed by atoms with Gasteiger partial charge in [0.2, 0.25) is 5.91 Å².